The number of benzene rings is 2. The zero-order chi connectivity index (χ0) is 21.6. The fraction of sp³-hybridized carbons (Fsp3) is 0.400. The first-order valence-electron chi connectivity index (χ1n) is 9.66. The van der Waals surface area contributed by atoms with Gasteiger partial charge in [-0.2, -0.15) is 0 Å². The molecule has 0 bridgehead atoms. The molecule has 0 aliphatic carbocycles. The van der Waals surface area contributed by atoms with E-state index in [1.54, 1.807) is 0 Å². The molecule has 2 aromatic carbocycles. The summed E-state index contributed by atoms with van der Waals surface area (Å²) in [6.07, 6.45) is 0. The molecule has 0 atom stereocenters. The van der Waals surface area contributed by atoms with Crippen LogP contribution in [0.1, 0.15) is 20.8 Å². The minimum absolute atomic E-state index is 0.0980. The predicted molar refractivity (Wildman–Crippen MR) is 122 cm³/mol. The molecule has 5 rings (SSSR count). The minimum atomic E-state index is -5.26. The Morgan fingerprint density at radius 3 is 1.67 bits per heavy atom. The van der Waals surface area contributed by atoms with Gasteiger partial charge in [0.1, 0.15) is 0 Å². The molecular formula is C20H22Cl4NO4P. The van der Waals surface area contributed by atoms with Crippen LogP contribution in [0.5, 0.6) is 11.5 Å². The van der Waals surface area contributed by atoms with Gasteiger partial charge in [-0.25, -0.2) is 0 Å². The van der Waals surface area contributed by atoms with Gasteiger partial charge in [-0.05, 0) is 0 Å². The molecule has 1 spiro atoms. The first-order chi connectivity index (χ1) is 14.0. The number of rotatable bonds is 1. The summed E-state index contributed by atoms with van der Waals surface area (Å²) in [4.78, 5) is 0. The first-order valence-corrected chi connectivity index (χ1v) is 13.5. The van der Waals surface area contributed by atoms with Gasteiger partial charge in [-0.3, -0.25) is 0 Å². The van der Waals surface area contributed by atoms with Crippen LogP contribution in [0.25, 0.3) is 0 Å². The van der Waals surface area contributed by atoms with E-state index in [-0.39, 0.29) is 37.1 Å². The zero-order valence-corrected chi connectivity index (χ0v) is 20.7. The van der Waals surface area contributed by atoms with Crippen LogP contribution < -0.4 is 14.4 Å². The van der Waals surface area contributed by atoms with Crippen molar-refractivity contribution < 1.29 is 22.3 Å². The van der Waals surface area contributed by atoms with Crippen molar-refractivity contribution in [3.05, 3.63) is 50.4 Å². The normalized spacial score (nSPS) is 29.7. The Morgan fingerprint density at radius 2 is 1.23 bits per heavy atom. The van der Waals surface area contributed by atoms with E-state index >= 15 is 0 Å². The summed E-state index contributed by atoms with van der Waals surface area (Å²) in [7, 11) is -5.26. The molecule has 0 radical (unpaired) electrons. The van der Waals surface area contributed by atoms with E-state index in [2.05, 4.69) is 20.8 Å². The van der Waals surface area contributed by atoms with Gasteiger partial charge < -0.3 is 0 Å². The number of fused-ring (bicyclic) bond motifs is 1. The fourth-order valence-corrected chi connectivity index (χ4v) is 13.8. The molecular weight excluding hydrogens is 491 g/mol. The average molecular weight is 513 g/mol. The molecule has 0 saturated carbocycles. The van der Waals surface area contributed by atoms with Gasteiger partial charge in [-0.15, -0.1) is 0 Å². The Bertz CT molecular complexity index is 1050. The summed E-state index contributed by atoms with van der Waals surface area (Å²) in [6.45, 7) is 8.44. The third-order valence-electron chi connectivity index (χ3n) is 6.79. The molecule has 3 aliphatic rings. The van der Waals surface area contributed by atoms with Crippen molar-refractivity contribution in [2.45, 2.75) is 26.3 Å². The molecule has 2 fully saturated rings. The van der Waals surface area contributed by atoms with Crippen LogP contribution >= 0.6 is 53.4 Å². The predicted octanol–water partition coefficient (Wildman–Crippen LogP) is 6.74. The summed E-state index contributed by atoms with van der Waals surface area (Å²) in [5, 5.41) is 1.12. The van der Waals surface area contributed by atoms with Crippen LogP contribution in [-0.2, 0) is 9.05 Å². The van der Waals surface area contributed by atoms with Crippen LogP contribution in [0.3, 0.4) is 0 Å². The topological polar surface area (TPSA) is 36.9 Å². The van der Waals surface area contributed by atoms with E-state index in [1.165, 1.54) is 0 Å². The van der Waals surface area contributed by atoms with E-state index < -0.39 is 7.00 Å². The van der Waals surface area contributed by atoms with E-state index in [1.807, 2.05) is 30.3 Å². The second-order valence-corrected chi connectivity index (χ2v) is 15.0. The Balaban J connectivity index is 1.97. The number of hydrogen-bond acceptors (Lipinski definition) is 4. The molecule has 0 amide bonds. The van der Waals surface area contributed by atoms with Gasteiger partial charge in [0, 0.05) is 0 Å². The van der Waals surface area contributed by atoms with Crippen LogP contribution in [0, 0.1) is 0 Å². The van der Waals surface area contributed by atoms with Crippen LogP contribution in [-0.4, -0.2) is 36.1 Å². The third kappa shape index (κ3) is 1.95. The van der Waals surface area contributed by atoms with Crippen molar-refractivity contribution in [1.82, 2.24) is 0 Å². The van der Waals surface area contributed by atoms with Crippen molar-refractivity contribution in [3.63, 3.8) is 0 Å². The zero-order valence-electron chi connectivity index (χ0n) is 16.8. The molecule has 3 aliphatic heterocycles. The number of nitrogens with zero attached hydrogens (tertiary/aromatic N) is 1. The van der Waals surface area contributed by atoms with Crippen LogP contribution in [0.2, 0.25) is 20.1 Å². The Labute approximate surface area is 195 Å². The molecule has 0 unspecified atom stereocenters. The van der Waals surface area contributed by atoms with Crippen molar-refractivity contribution in [2.24, 2.45) is 0 Å². The average Bonchev–Trinajstić information content (AvgIpc) is 3.31. The van der Waals surface area contributed by atoms with E-state index in [9.17, 15) is 0 Å². The molecule has 164 valence electrons. The quantitative estimate of drug-likeness (QED) is 0.241. The number of halogens is 4. The maximum absolute atomic E-state index is 6.90. The number of quaternary nitrogens is 1. The first kappa shape index (κ1) is 21.4. The summed E-state index contributed by atoms with van der Waals surface area (Å²) in [6, 6.07) is 9.58. The molecule has 5 nitrogen and oxygen atoms in total. The van der Waals surface area contributed by atoms with Crippen LogP contribution in [0.15, 0.2) is 30.3 Å². The molecule has 3 heterocycles. The van der Waals surface area contributed by atoms with Crippen molar-refractivity contribution in [1.29, 1.82) is 0 Å². The van der Waals surface area contributed by atoms with Gasteiger partial charge in [0.15, 0.2) is 0 Å². The molecule has 2 saturated heterocycles. The molecule has 0 N–H and O–H groups in total. The van der Waals surface area contributed by atoms with Crippen molar-refractivity contribution in [3.8, 4) is 11.5 Å². The maximum atomic E-state index is 6.90. The Kier molecular flexibility index (Phi) is 4.20. The second kappa shape index (κ2) is 5.89. The van der Waals surface area contributed by atoms with Crippen LogP contribution in [0.4, 0.5) is 0 Å². The SMILES string of the molecule is CC(C)(C)[N+]12CCO[P-]13(c1ccccc1)(OCC2)Oc1c(Cl)c(Cl)c(Cl)c(Cl)c1O3. The van der Waals surface area contributed by atoms with E-state index in [0.29, 0.717) is 35.9 Å². The summed E-state index contributed by atoms with van der Waals surface area (Å²) < 4.78 is 27.6. The Morgan fingerprint density at radius 1 is 0.767 bits per heavy atom. The fourth-order valence-electron chi connectivity index (χ4n) is 5.53. The summed E-state index contributed by atoms with van der Waals surface area (Å²) in [5.41, 5.74) is -0.368. The van der Waals surface area contributed by atoms with Gasteiger partial charge in [0.25, 0.3) is 0 Å². The molecule has 30 heavy (non-hydrogen) atoms. The number of hydrogen-bond donors (Lipinski definition) is 0. The summed E-state index contributed by atoms with van der Waals surface area (Å²) >= 11 is 25.9. The monoisotopic (exact) mass is 511 g/mol. The third-order valence-corrected chi connectivity index (χ3v) is 15.2. The molecule has 2 aromatic rings. The molecule has 0 aromatic heterocycles. The van der Waals surface area contributed by atoms with Gasteiger partial charge in [0.05, 0.1) is 0 Å². The van der Waals surface area contributed by atoms with E-state index in [0.717, 1.165) is 0 Å². The van der Waals surface area contributed by atoms with E-state index in [4.69, 9.17) is 64.5 Å². The van der Waals surface area contributed by atoms with Crippen molar-refractivity contribution in [2.75, 3.05) is 26.3 Å². The van der Waals surface area contributed by atoms with Gasteiger partial charge in [-0.1, -0.05) is 0 Å². The van der Waals surface area contributed by atoms with Crippen molar-refractivity contribution >= 4 is 58.7 Å². The van der Waals surface area contributed by atoms with Gasteiger partial charge >= 0.3 is 196 Å². The van der Waals surface area contributed by atoms with Gasteiger partial charge in [0.2, 0.25) is 0 Å². The standard InChI is InChI=1S/C20H22Cl4NO4P/c1-20(2,3)25-9-11-26-30(25,27-12-10-25,13-7-5-4-6-8-13)28-18-16(23)14(21)15(22)17(24)19(18)29-30/h4-8H,9-12H2,1-3H3. The summed E-state index contributed by atoms with van der Waals surface area (Å²) in [5.74, 6) is 0.400. The second-order valence-electron chi connectivity index (χ2n) is 8.88. The Hall–Kier alpha value is -0.490. The molecule has 10 heteroatoms.